The molecular weight excluding hydrogens is 610 g/mol. The van der Waals surface area contributed by atoms with Crippen molar-refractivity contribution in [2.24, 2.45) is 5.73 Å². The Hall–Kier alpha value is -6.04. The van der Waals surface area contributed by atoms with Crippen LogP contribution in [0.1, 0.15) is 5.69 Å². The summed E-state index contributed by atoms with van der Waals surface area (Å²) in [7, 11) is 0. The Morgan fingerprint density at radius 1 is 0.674 bits per heavy atom. The SMILES string of the molecule is NCCSCCc1ccn[nH]1.O=[N+]([O-])c1cc([N+](=O)[O-])c(O)c([N+](=O)[O-])c1.O=[N+]([O-])c1cc([N+](=O)[O-])c(O)c([N+](=O)[O-])c1. The van der Waals surface area contributed by atoms with Crippen molar-refractivity contribution in [3.05, 3.63) is 103 Å². The number of aryl methyl sites for hydroxylation is 1. The molecule has 0 fully saturated rings. The summed E-state index contributed by atoms with van der Waals surface area (Å²) in [6, 6.07) is 3.79. The van der Waals surface area contributed by atoms with Gasteiger partial charge in [0.15, 0.2) is 0 Å². The largest absolute Gasteiger partial charge is 0.497 e. The summed E-state index contributed by atoms with van der Waals surface area (Å²) in [6.45, 7) is 0.771. The molecule has 3 rings (SSSR count). The fourth-order valence-corrected chi connectivity index (χ4v) is 3.47. The highest BCUT2D eigenvalue weighted by atomic mass is 32.2. The molecule has 5 N–H and O–H groups in total. The number of nitrogens with zero attached hydrogens (tertiary/aromatic N) is 7. The van der Waals surface area contributed by atoms with E-state index in [0.717, 1.165) is 24.5 Å². The Labute approximate surface area is 240 Å². The number of phenols is 2. The summed E-state index contributed by atoms with van der Waals surface area (Å²) in [5.74, 6) is -0.241. The van der Waals surface area contributed by atoms with E-state index in [4.69, 9.17) is 15.9 Å². The van der Waals surface area contributed by atoms with Crippen molar-refractivity contribution in [1.29, 1.82) is 0 Å². The molecule has 0 saturated carbocycles. The molecule has 23 nitrogen and oxygen atoms in total. The van der Waals surface area contributed by atoms with Crippen LogP contribution in [-0.2, 0) is 6.42 Å². The summed E-state index contributed by atoms with van der Waals surface area (Å²) in [4.78, 5) is 55.5. The summed E-state index contributed by atoms with van der Waals surface area (Å²) in [5, 5.41) is 87.2. The zero-order valence-corrected chi connectivity index (χ0v) is 22.0. The van der Waals surface area contributed by atoms with Gasteiger partial charge in [0.05, 0.1) is 53.8 Å². The van der Waals surface area contributed by atoms with Gasteiger partial charge in [0.2, 0.25) is 0 Å². The number of aromatic amines is 1. The van der Waals surface area contributed by atoms with Crippen molar-refractivity contribution in [1.82, 2.24) is 10.2 Å². The van der Waals surface area contributed by atoms with Crippen LogP contribution in [0.2, 0.25) is 0 Å². The second-order valence-electron chi connectivity index (χ2n) is 7.44. The van der Waals surface area contributed by atoms with Crippen LogP contribution >= 0.6 is 11.8 Å². The smallest absolute Gasteiger partial charge is 0.324 e. The van der Waals surface area contributed by atoms with E-state index in [1.807, 2.05) is 17.8 Å². The average molecular weight is 629 g/mol. The minimum absolute atomic E-state index is 0.447. The molecule has 0 amide bonds. The number of nitro benzene ring substituents is 6. The molecule has 0 unspecified atom stereocenters. The molecule has 0 saturated heterocycles. The van der Waals surface area contributed by atoms with Gasteiger partial charge in [0.25, 0.3) is 22.9 Å². The number of phenolic OH excluding ortho intramolecular Hbond substituents is 2. The van der Waals surface area contributed by atoms with Gasteiger partial charge in [-0.2, -0.15) is 16.9 Å². The van der Waals surface area contributed by atoms with Gasteiger partial charge in [-0.05, 0) is 18.2 Å². The molecule has 43 heavy (non-hydrogen) atoms. The molecule has 0 aliphatic rings. The zero-order valence-electron chi connectivity index (χ0n) is 21.2. The first-order valence-corrected chi connectivity index (χ1v) is 12.1. The lowest BCUT2D eigenvalue weighted by Crippen LogP contribution is -2.02. The van der Waals surface area contributed by atoms with Gasteiger partial charge in [-0.3, -0.25) is 65.8 Å². The topological polar surface area (TPSA) is 354 Å². The highest BCUT2D eigenvalue weighted by molar-refractivity contribution is 7.99. The predicted octanol–water partition coefficient (Wildman–Crippen LogP) is 2.88. The molecular formula is C19H19N9O14S. The molecule has 0 atom stereocenters. The maximum atomic E-state index is 10.4. The normalized spacial score (nSPS) is 9.88. The van der Waals surface area contributed by atoms with Crippen molar-refractivity contribution in [3.8, 4) is 11.5 Å². The minimum Gasteiger partial charge on any atom is -0.497 e. The van der Waals surface area contributed by atoms with Gasteiger partial charge in [0.1, 0.15) is 0 Å². The van der Waals surface area contributed by atoms with Crippen LogP contribution in [-0.4, -0.2) is 68.0 Å². The average Bonchev–Trinajstić information content (AvgIpc) is 3.45. The number of aromatic hydroxyl groups is 2. The Kier molecular flexibility index (Phi) is 13.2. The predicted molar refractivity (Wildman–Crippen MR) is 145 cm³/mol. The van der Waals surface area contributed by atoms with Gasteiger partial charge in [-0.15, -0.1) is 0 Å². The first kappa shape index (κ1) is 35.0. The first-order valence-electron chi connectivity index (χ1n) is 11.0. The summed E-state index contributed by atoms with van der Waals surface area (Å²) in [6.07, 6.45) is 2.84. The maximum absolute atomic E-state index is 10.4. The number of aromatic nitrogens is 2. The number of nitrogens with two attached hydrogens (primary N) is 1. The monoisotopic (exact) mass is 629 g/mol. The van der Waals surface area contributed by atoms with E-state index in [1.165, 1.54) is 5.69 Å². The zero-order chi connectivity index (χ0) is 32.9. The summed E-state index contributed by atoms with van der Waals surface area (Å²) < 4.78 is 0. The van der Waals surface area contributed by atoms with Crippen LogP contribution in [0.5, 0.6) is 11.5 Å². The van der Waals surface area contributed by atoms with Gasteiger partial charge >= 0.3 is 22.7 Å². The van der Waals surface area contributed by atoms with Gasteiger partial charge in [0, 0.05) is 24.2 Å². The van der Waals surface area contributed by atoms with E-state index >= 15 is 0 Å². The molecule has 0 spiro atoms. The number of rotatable bonds is 11. The number of thioether (sulfide) groups is 1. The van der Waals surface area contributed by atoms with E-state index in [0.29, 0.717) is 24.3 Å². The highest BCUT2D eigenvalue weighted by Crippen LogP contribution is 2.40. The van der Waals surface area contributed by atoms with Crippen LogP contribution in [0.25, 0.3) is 0 Å². The second kappa shape index (κ2) is 16.3. The number of non-ortho nitro benzene ring substituents is 2. The molecule has 230 valence electrons. The third-order valence-corrected chi connectivity index (χ3v) is 5.67. The highest BCUT2D eigenvalue weighted by Gasteiger charge is 2.31. The molecule has 0 bridgehead atoms. The van der Waals surface area contributed by atoms with Gasteiger partial charge in [-0.25, -0.2) is 0 Å². The molecule has 0 aliphatic carbocycles. The van der Waals surface area contributed by atoms with Crippen molar-refractivity contribution in [2.45, 2.75) is 6.42 Å². The van der Waals surface area contributed by atoms with Crippen LogP contribution in [0.4, 0.5) is 34.1 Å². The lowest BCUT2D eigenvalue weighted by Gasteiger charge is -1.97. The van der Waals surface area contributed by atoms with Crippen molar-refractivity contribution < 1.29 is 39.8 Å². The molecule has 24 heteroatoms. The summed E-state index contributed by atoms with van der Waals surface area (Å²) in [5.41, 5.74) is 0.547. The third-order valence-electron chi connectivity index (χ3n) is 4.65. The number of hydrogen-bond donors (Lipinski definition) is 4. The van der Waals surface area contributed by atoms with Crippen LogP contribution < -0.4 is 5.73 Å². The summed E-state index contributed by atoms with van der Waals surface area (Å²) >= 11 is 1.88. The van der Waals surface area contributed by atoms with E-state index < -0.39 is 75.2 Å². The number of H-pyrrole nitrogens is 1. The number of nitrogens with one attached hydrogen (secondary N) is 1. The molecule has 2 aromatic carbocycles. The number of benzene rings is 2. The molecule has 0 aliphatic heterocycles. The van der Waals surface area contributed by atoms with E-state index in [2.05, 4.69) is 10.2 Å². The fourth-order valence-electron chi connectivity index (χ4n) is 2.74. The Balaban J connectivity index is 0.000000329. The van der Waals surface area contributed by atoms with Crippen molar-refractivity contribution >= 4 is 45.9 Å². The Bertz CT molecular complexity index is 1350. The Morgan fingerprint density at radius 2 is 1.05 bits per heavy atom. The number of nitro groups is 6. The van der Waals surface area contributed by atoms with Crippen molar-refractivity contribution in [3.63, 3.8) is 0 Å². The van der Waals surface area contributed by atoms with Gasteiger partial charge in [-0.1, -0.05) is 0 Å². The van der Waals surface area contributed by atoms with E-state index in [-0.39, 0.29) is 0 Å². The van der Waals surface area contributed by atoms with Crippen LogP contribution in [0, 0.1) is 60.7 Å². The van der Waals surface area contributed by atoms with E-state index in [9.17, 15) is 60.7 Å². The maximum Gasteiger partial charge on any atom is 0.324 e. The molecule has 0 radical (unpaired) electrons. The van der Waals surface area contributed by atoms with Crippen LogP contribution in [0.15, 0.2) is 36.5 Å². The number of hydrogen-bond acceptors (Lipinski definition) is 17. The van der Waals surface area contributed by atoms with Gasteiger partial charge < -0.3 is 15.9 Å². The molecule has 3 aromatic rings. The second-order valence-corrected chi connectivity index (χ2v) is 8.67. The third kappa shape index (κ3) is 10.5. The van der Waals surface area contributed by atoms with Crippen molar-refractivity contribution in [2.75, 3.05) is 18.1 Å². The van der Waals surface area contributed by atoms with E-state index in [1.54, 1.807) is 6.20 Å². The standard InChI is InChI=1S/C7H13N3S.2C6H3N3O7/c8-3-6-11-5-2-7-1-4-9-10-7;2*10-6-4(8(13)14)1-3(7(11)12)2-5(6)9(15)16/h1,4H,2-3,5-6,8H2,(H,9,10);2*1-2,10H. The fraction of sp³-hybridized carbons (Fsp3) is 0.211. The Morgan fingerprint density at radius 3 is 1.30 bits per heavy atom. The quantitative estimate of drug-likeness (QED) is 0.134. The molecule has 1 aromatic heterocycles. The lowest BCUT2D eigenvalue weighted by molar-refractivity contribution is -0.404. The molecule has 1 heterocycles. The minimum atomic E-state index is -1.21. The van der Waals surface area contributed by atoms with Crippen LogP contribution in [0.3, 0.4) is 0 Å². The first-order chi connectivity index (χ1) is 20.1. The lowest BCUT2D eigenvalue weighted by atomic mass is 10.2.